The van der Waals surface area contributed by atoms with E-state index in [4.69, 9.17) is 12.2 Å². The monoisotopic (exact) mass is 339 g/mol. The van der Waals surface area contributed by atoms with E-state index in [1.807, 2.05) is 27.7 Å². The van der Waals surface area contributed by atoms with Gasteiger partial charge in [-0.05, 0) is 43.3 Å². The van der Waals surface area contributed by atoms with Crippen LogP contribution in [-0.4, -0.2) is 33.4 Å². The summed E-state index contributed by atoms with van der Waals surface area (Å²) in [6, 6.07) is 5.91. The SMILES string of the molecule is O=C(Cn1c(=S)[nH]c2cc(Br)ccc21)N1CCCC1. The first-order valence-corrected chi connectivity index (χ1v) is 7.51. The van der Waals surface area contributed by atoms with Crippen LogP contribution in [0.1, 0.15) is 12.8 Å². The summed E-state index contributed by atoms with van der Waals surface area (Å²) in [6.07, 6.45) is 2.22. The van der Waals surface area contributed by atoms with Crippen LogP contribution in [0.25, 0.3) is 11.0 Å². The Morgan fingerprint density at radius 3 is 2.84 bits per heavy atom. The van der Waals surface area contributed by atoms with Crippen LogP contribution >= 0.6 is 28.1 Å². The number of hydrogen-bond donors (Lipinski definition) is 1. The second kappa shape index (κ2) is 5.09. The van der Waals surface area contributed by atoms with Crippen LogP contribution in [0.2, 0.25) is 0 Å². The van der Waals surface area contributed by atoms with Gasteiger partial charge in [-0.1, -0.05) is 15.9 Å². The van der Waals surface area contributed by atoms with E-state index in [1.54, 1.807) is 0 Å². The van der Waals surface area contributed by atoms with Crippen LogP contribution in [0, 0.1) is 4.77 Å². The van der Waals surface area contributed by atoms with Gasteiger partial charge < -0.3 is 14.5 Å². The van der Waals surface area contributed by atoms with Crippen molar-refractivity contribution >= 4 is 45.1 Å². The van der Waals surface area contributed by atoms with Gasteiger partial charge in [0.1, 0.15) is 6.54 Å². The maximum Gasteiger partial charge on any atom is 0.242 e. The number of likely N-dealkylation sites (tertiary alicyclic amines) is 1. The van der Waals surface area contributed by atoms with Crippen LogP contribution in [-0.2, 0) is 11.3 Å². The Labute approximate surface area is 124 Å². The highest BCUT2D eigenvalue weighted by Gasteiger charge is 2.19. The zero-order chi connectivity index (χ0) is 13.4. The van der Waals surface area contributed by atoms with Gasteiger partial charge in [0, 0.05) is 17.6 Å². The van der Waals surface area contributed by atoms with Gasteiger partial charge in [-0.3, -0.25) is 4.79 Å². The van der Waals surface area contributed by atoms with Crippen molar-refractivity contribution in [2.75, 3.05) is 13.1 Å². The van der Waals surface area contributed by atoms with E-state index in [0.29, 0.717) is 11.3 Å². The summed E-state index contributed by atoms with van der Waals surface area (Å²) in [5.41, 5.74) is 1.93. The normalized spacial score (nSPS) is 15.3. The standard InChI is InChI=1S/C13H14BrN3OS/c14-9-3-4-11-10(7-9)15-13(19)17(11)8-12(18)16-5-1-2-6-16/h3-4,7H,1-2,5-6,8H2,(H,15,19). The molecule has 2 aromatic rings. The highest BCUT2D eigenvalue weighted by molar-refractivity contribution is 9.10. The number of hydrogen-bond acceptors (Lipinski definition) is 2. The molecule has 0 spiro atoms. The fourth-order valence-corrected chi connectivity index (χ4v) is 3.13. The lowest BCUT2D eigenvalue weighted by Crippen LogP contribution is -2.31. The third kappa shape index (κ3) is 2.47. The van der Waals surface area contributed by atoms with Crippen molar-refractivity contribution in [1.82, 2.24) is 14.5 Å². The number of H-pyrrole nitrogens is 1. The van der Waals surface area contributed by atoms with Crippen molar-refractivity contribution < 1.29 is 4.79 Å². The van der Waals surface area contributed by atoms with E-state index in [1.165, 1.54) is 0 Å². The molecular formula is C13H14BrN3OS. The minimum absolute atomic E-state index is 0.150. The molecule has 0 radical (unpaired) electrons. The average Bonchev–Trinajstić information content (AvgIpc) is 2.98. The summed E-state index contributed by atoms with van der Waals surface area (Å²) in [6.45, 7) is 2.07. The average molecular weight is 340 g/mol. The summed E-state index contributed by atoms with van der Waals surface area (Å²) >= 11 is 8.74. The molecule has 1 aliphatic rings. The molecule has 1 N–H and O–H groups in total. The highest BCUT2D eigenvalue weighted by atomic mass is 79.9. The number of nitrogens with zero attached hydrogens (tertiary/aromatic N) is 2. The second-order valence-electron chi connectivity index (χ2n) is 4.77. The Morgan fingerprint density at radius 2 is 2.11 bits per heavy atom. The number of amides is 1. The Bertz CT molecular complexity index is 685. The first kappa shape index (κ1) is 12.9. The summed E-state index contributed by atoms with van der Waals surface area (Å²) in [4.78, 5) is 17.3. The third-order valence-electron chi connectivity index (χ3n) is 3.49. The van der Waals surface area contributed by atoms with E-state index in [0.717, 1.165) is 41.4 Å². The number of aromatic nitrogens is 2. The zero-order valence-electron chi connectivity index (χ0n) is 10.4. The van der Waals surface area contributed by atoms with Crippen LogP contribution in [0.5, 0.6) is 0 Å². The Balaban J connectivity index is 1.94. The Morgan fingerprint density at radius 1 is 1.37 bits per heavy atom. The first-order chi connectivity index (χ1) is 9.15. The number of halogens is 1. The van der Waals surface area contributed by atoms with Crippen LogP contribution < -0.4 is 0 Å². The molecule has 1 aliphatic heterocycles. The smallest absolute Gasteiger partial charge is 0.242 e. The van der Waals surface area contributed by atoms with E-state index in [9.17, 15) is 4.79 Å². The lowest BCUT2D eigenvalue weighted by Gasteiger charge is -2.15. The largest absolute Gasteiger partial charge is 0.341 e. The number of fused-ring (bicyclic) bond motifs is 1. The molecule has 1 saturated heterocycles. The topological polar surface area (TPSA) is 41.0 Å². The molecular weight excluding hydrogens is 326 g/mol. The zero-order valence-corrected chi connectivity index (χ0v) is 12.8. The lowest BCUT2D eigenvalue weighted by molar-refractivity contribution is -0.130. The second-order valence-corrected chi connectivity index (χ2v) is 6.07. The number of nitrogens with one attached hydrogen (secondary N) is 1. The van der Waals surface area contributed by atoms with Crippen molar-refractivity contribution in [3.05, 3.63) is 27.4 Å². The fraction of sp³-hybridized carbons (Fsp3) is 0.385. The maximum absolute atomic E-state index is 12.2. The molecule has 4 nitrogen and oxygen atoms in total. The number of carbonyl (C=O) groups is 1. The predicted octanol–water partition coefficient (Wildman–Crippen LogP) is 3.08. The minimum Gasteiger partial charge on any atom is -0.341 e. The van der Waals surface area contributed by atoms with Gasteiger partial charge in [-0.2, -0.15) is 0 Å². The molecule has 19 heavy (non-hydrogen) atoms. The van der Waals surface area contributed by atoms with E-state index < -0.39 is 0 Å². The summed E-state index contributed by atoms with van der Waals surface area (Å²) in [5, 5.41) is 0. The maximum atomic E-state index is 12.2. The molecule has 1 aromatic carbocycles. The van der Waals surface area contributed by atoms with Crippen LogP contribution in [0.4, 0.5) is 0 Å². The van der Waals surface area contributed by atoms with Crippen molar-refractivity contribution in [1.29, 1.82) is 0 Å². The molecule has 2 heterocycles. The molecule has 6 heteroatoms. The lowest BCUT2D eigenvalue weighted by atomic mass is 10.3. The van der Waals surface area contributed by atoms with E-state index >= 15 is 0 Å². The van der Waals surface area contributed by atoms with Crippen LogP contribution in [0.3, 0.4) is 0 Å². The molecule has 0 saturated carbocycles. The Hall–Kier alpha value is -1.14. The molecule has 0 unspecified atom stereocenters. The number of imidazole rings is 1. The van der Waals surface area contributed by atoms with Gasteiger partial charge in [0.15, 0.2) is 4.77 Å². The third-order valence-corrected chi connectivity index (χ3v) is 4.30. The van der Waals surface area contributed by atoms with Crippen molar-refractivity contribution in [2.24, 2.45) is 0 Å². The number of aromatic amines is 1. The number of benzene rings is 1. The summed E-state index contributed by atoms with van der Waals surface area (Å²) < 4.78 is 3.47. The van der Waals surface area contributed by atoms with E-state index in [-0.39, 0.29) is 5.91 Å². The minimum atomic E-state index is 0.150. The van der Waals surface area contributed by atoms with Gasteiger partial charge in [0.05, 0.1) is 11.0 Å². The molecule has 100 valence electrons. The molecule has 1 aromatic heterocycles. The molecule has 1 fully saturated rings. The first-order valence-electron chi connectivity index (χ1n) is 6.31. The van der Waals surface area contributed by atoms with Crippen molar-refractivity contribution in [3.63, 3.8) is 0 Å². The summed E-state index contributed by atoms with van der Waals surface area (Å²) in [5.74, 6) is 0.150. The van der Waals surface area contributed by atoms with Gasteiger partial charge in [0.25, 0.3) is 0 Å². The number of rotatable bonds is 2. The molecule has 3 rings (SSSR count). The number of carbonyl (C=O) groups excluding carboxylic acids is 1. The van der Waals surface area contributed by atoms with E-state index in [2.05, 4.69) is 20.9 Å². The fourth-order valence-electron chi connectivity index (χ4n) is 2.49. The van der Waals surface area contributed by atoms with Gasteiger partial charge >= 0.3 is 0 Å². The van der Waals surface area contributed by atoms with Gasteiger partial charge in [-0.15, -0.1) is 0 Å². The van der Waals surface area contributed by atoms with Crippen LogP contribution in [0.15, 0.2) is 22.7 Å². The summed E-state index contributed by atoms with van der Waals surface area (Å²) in [7, 11) is 0. The molecule has 0 bridgehead atoms. The van der Waals surface area contributed by atoms with Gasteiger partial charge in [0.2, 0.25) is 5.91 Å². The quantitative estimate of drug-likeness (QED) is 0.854. The van der Waals surface area contributed by atoms with Crippen molar-refractivity contribution in [3.8, 4) is 0 Å². The molecule has 1 amide bonds. The van der Waals surface area contributed by atoms with Gasteiger partial charge in [-0.25, -0.2) is 0 Å². The van der Waals surface area contributed by atoms with Crippen molar-refractivity contribution in [2.45, 2.75) is 19.4 Å². The highest BCUT2D eigenvalue weighted by Crippen LogP contribution is 2.20. The Kier molecular flexibility index (Phi) is 3.45. The predicted molar refractivity (Wildman–Crippen MR) is 80.6 cm³/mol. The molecule has 0 aliphatic carbocycles. The molecule has 0 atom stereocenters.